The molecule has 0 fully saturated rings. The molecule has 0 saturated heterocycles. The van der Waals surface area contributed by atoms with Crippen molar-refractivity contribution in [3.63, 3.8) is 0 Å². The van der Waals surface area contributed by atoms with Gasteiger partial charge in [0.1, 0.15) is 6.61 Å². The van der Waals surface area contributed by atoms with Gasteiger partial charge >= 0.3 is 12.4 Å². The second-order valence-electron chi connectivity index (χ2n) is 7.89. The zero-order valence-corrected chi connectivity index (χ0v) is 20.3. The fourth-order valence-electron chi connectivity index (χ4n) is 3.45. The highest BCUT2D eigenvalue weighted by atomic mass is 32.2. The number of hydrogen-bond donors (Lipinski definition) is 1. The molecule has 12 heteroatoms. The SMILES string of the molecule is COc1cc(/C=C2/SC(Nc3ccccc3)=NC2=O)ccc1OCc1ccc(C(F)(F)F)cc1C(F)(F)F. The van der Waals surface area contributed by atoms with E-state index in [1.54, 1.807) is 12.1 Å². The first-order valence-electron chi connectivity index (χ1n) is 10.9. The minimum atomic E-state index is -5.01. The molecule has 1 aliphatic heterocycles. The normalized spacial score (nSPS) is 15.0. The van der Waals surface area contributed by atoms with E-state index in [1.807, 2.05) is 30.3 Å². The predicted molar refractivity (Wildman–Crippen MR) is 132 cm³/mol. The van der Waals surface area contributed by atoms with Crippen LogP contribution >= 0.6 is 11.8 Å². The summed E-state index contributed by atoms with van der Waals surface area (Å²) in [5, 5.41) is 3.44. The maximum Gasteiger partial charge on any atom is 0.416 e. The second-order valence-corrected chi connectivity index (χ2v) is 8.92. The van der Waals surface area contributed by atoms with E-state index >= 15 is 0 Å². The molecular formula is C26H18F6N2O3S. The molecule has 0 aliphatic carbocycles. The number of nitrogens with one attached hydrogen (secondary N) is 1. The van der Waals surface area contributed by atoms with Crippen LogP contribution in [-0.2, 0) is 23.8 Å². The zero-order chi connectivity index (χ0) is 27.5. The lowest BCUT2D eigenvalue weighted by molar-refractivity contribution is -0.143. The summed E-state index contributed by atoms with van der Waals surface area (Å²) in [5.74, 6) is -0.232. The lowest BCUT2D eigenvalue weighted by atomic mass is 10.0. The molecule has 0 unspecified atom stereocenters. The standard InChI is InChI=1S/C26H18F6N2O3S/c1-36-21-11-15(12-22-23(35)34-24(38-22)33-18-5-3-2-4-6-18)7-10-20(21)37-14-16-8-9-17(25(27,28)29)13-19(16)26(30,31)32/h2-13H,14H2,1H3,(H,33,34,35)/b22-12+. The Morgan fingerprint density at radius 1 is 0.921 bits per heavy atom. The summed E-state index contributed by atoms with van der Waals surface area (Å²) < 4.78 is 89.7. The molecule has 3 aromatic carbocycles. The molecule has 4 rings (SSSR count). The molecule has 1 N–H and O–H groups in total. The third kappa shape index (κ3) is 6.49. The van der Waals surface area contributed by atoms with Crippen LogP contribution in [0.25, 0.3) is 6.08 Å². The average molecular weight is 552 g/mol. The van der Waals surface area contributed by atoms with Gasteiger partial charge in [0.2, 0.25) is 0 Å². The van der Waals surface area contributed by atoms with Crippen LogP contribution in [0.1, 0.15) is 22.3 Å². The first-order valence-corrected chi connectivity index (χ1v) is 11.7. The number of alkyl halides is 6. The summed E-state index contributed by atoms with van der Waals surface area (Å²) >= 11 is 1.13. The number of methoxy groups -OCH3 is 1. The highest BCUT2D eigenvalue weighted by molar-refractivity contribution is 8.18. The smallest absolute Gasteiger partial charge is 0.416 e. The van der Waals surface area contributed by atoms with Crippen LogP contribution in [0.3, 0.4) is 0 Å². The van der Waals surface area contributed by atoms with Gasteiger partial charge in [0.15, 0.2) is 16.7 Å². The van der Waals surface area contributed by atoms with E-state index in [9.17, 15) is 31.1 Å². The minimum Gasteiger partial charge on any atom is -0.493 e. The zero-order valence-electron chi connectivity index (χ0n) is 19.5. The Labute approximate surface area is 217 Å². The van der Waals surface area contributed by atoms with Gasteiger partial charge in [-0.15, -0.1) is 0 Å². The molecule has 0 aromatic heterocycles. The van der Waals surface area contributed by atoms with Crippen molar-refractivity contribution in [2.75, 3.05) is 12.4 Å². The van der Waals surface area contributed by atoms with Gasteiger partial charge in [0.05, 0.1) is 23.1 Å². The van der Waals surface area contributed by atoms with Gasteiger partial charge in [-0.2, -0.15) is 31.3 Å². The Balaban J connectivity index is 1.49. The number of anilines is 1. The third-order valence-electron chi connectivity index (χ3n) is 5.26. The quantitative estimate of drug-likeness (QED) is 0.255. The van der Waals surface area contributed by atoms with Gasteiger partial charge in [0.25, 0.3) is 5.91 Å². The number of ether oxygens (including phenoxy) is 2. The van der Waals surface area contributed by atoms with Gasteiger partial charge in [-0.3, -0.25) is 4.79 Å². The molecule has 1 heterocycles. The Bertz CT molecular complexity index is 1400. The van der Waals surface area contributed by atoms with E-state index in [-0.39, 0.29) is 17.6 Å². The summed E-state index contributed by atoms with van der Waals surface area (Å²) in [6.07, 6.45) is -8.36. The number of hydrogen-bond acceptors (Lipinski definition) is 5. The molecule has 38 heavy (non-hydrogen) atoms. The maximum atomic E-state index is 13.4. The Hall–Kier alpha value is -3.93. The van der Waals surface area contributed by atoms with Crippen LogP contribution in [-0.4, -0.2) is 18.2 Å². The third-order valence-corrected chi connectivity index (χ3v) is 6.16. The number of thioether (sulfide) groups is 1. The van der Waals surface area contributed by atoms with Crippen molar-refractivity contribution in [1.82, 2.24) is 0 Å². The van der Waals surface area contributed by atoms with Crippen LogP contribution in [0.2, 0.25) is 0 Å². The average Bonchev–Trinajstić information content (AvgIpc) is 3.20. The molecule has 1 amide bonds. The number of carbonyl (C=O) groups excluding carboxylic acids is 1. The fourth-order valence-corrected chi connectivity index (χ4v) is 4.28. The topological polar surface area (TPSA) is 59.9 Å². The summed E-state index contributed by atoms with van der Waals surface area (Å²) in [6, 6.07) is 15.0. The summed E-state index contributed by atoms with van der Waals surface area (Å²) in [6.45, 7) is -0.652. The lowest BCUT2D eigenvalue weighted by Gasteiger charge is -2.17. The van der Waals surface area contributed by atoms with Crippen molar-refractivity contribution in [2.24, 2.45) is 4.99 Å². The van der Waals surface area contributed by atoms with E-state index in [1.165, 1.54) is 19.2 Å². The Morgan fingerprint density at radius 2 is 1.66 bits per heavy atom. The molecule has 0 radical (unpaired) electrons. The van der Waals surface area contributed by atoms with E-state index < -0.39 is 41.6 Å². The van der Waals surface area contributed by atoms with E-state index in [4.69, 9.17) is 9.47 Å². The van der Waals surface area contributed by atoms with Crippen LogP contribution < -0.4 is 14.8 Å². The monoisotopic (exact) mass is 552 g/mol. The van der Waals surface area contributed by atoms with Gasteiger partial charge in [-0.1, -0.05) is 30.3 Å². The second kappa shape index (κ2) is 10.8. The first kappa shape index (κ1) is 27.1. The van der Waals surface area contributed by atoms with Crippen molar-refractivity contribution in [3.8, 4) is 11.5 Å². The highest BCUT2D eigenvalue weighted by Crippen LogP contribution is 2.38. The summed E-state index contributed by atoms with van der Waals surface area (Å²) in [4.78, 5) is 16.6. The van der Waals surface area contributed by atoms with E-state index in [2.05, 4.69) is 10.3 Å². The lowest BCUT2D eigenvalue weighted by Crippen LogP contribution is -2.14. The largest absolute Gasteiger partial charge is 0.493 e. The van der Waals surface area contributed by atoms with Crippen LogP contribution in [0.5, 0.6) is 11.5 Å². The number of para-hydroxylation sites is 1. The summed E-state index contributed by atoms with van der Waals surface area (Å²) in [5.41, 5.74) is -2.02. The van der Waals surface area contributed by atoms with Gasteiger partial charge in [0, 0.05) is 11.3 Å². The number of amides is 1. The van der Waals surface area contributed by atoms with Crippen molar-refractivity contribution < 1.29 is 40.6 Å². The van der Waals surface area contributed by atoms with Crippen molar-refractivity contribution in [3.05, 3.63) is 93.9 Å². The number of carbonyl (C=O) groups is 1. The number of nitrogens with zero attached hydrogens (tertiary/aromatic N) is 1. The van der Waals surface area contributed by atoms with Crippen LogP contribution in [0.4, 0.5) is 32.0 Å². The molecule has 0 saturated carbocycles. The summed E-state index contributed by atoms with van der Waals surface area (Å²) in [7, 11) is 1.32. The Morgan fingerprint density at radius 3 is 2.32 bits per heavy atom. The number of rotatable bonds is 6. The maximum absolute atomic E-state index is 13.4. The molecule has 0 atom stereocenters. The van der Waals surface area contributed by atoms with E-state index in [0.717, 1.165) is 23.5 Å². The highest BCUT2D eigenvalue weighted by Gasteiger charge is 2.38. The van der Waals surface area contributed by atoms with Gasteiger partial charge < -0.3 is 14.8 Å². The predicted octanol–water partition coefficient (Wildman–Crippen LogP) is 7.39. The van der Waals surface area contributed by atoms with Crippen LogP contribution in [0.15, 0.2) is 76.6 Å². The number of benzene rings is 3. The number of amidine groups is 1. The fraction of sp³-hybridized carbons (Fsp3) is 0.154. The van der Waals surface area contributed by atoms with Crippen molar-refractivity contribution >= 4 is 34.6 Å². The molecular weight excluding hydrogens is 534 g/mol. The van der Waals surface area contributed by atoms with Gasteiger partial charge in [-0.25, -0.2) is 0 Å². The number of halogens is 6. The molecule has 5 nitrogen and oxygen atoms in total. The van der Waals surface area contributed by atoms with Gasteiger partial charge in [-0.05, 0) is 59.8 Å². The molecule has 198 valence electrons. The molecule has 0 spiro atoms. The molecule has 0 bridgehead atoms. The van der Waals surface area contributed by atoms with Crippen molar-refractivity contribution in [2.45, 2.75) is 19.0 Å². The van der Waals surface area contributed by atoms with E-state index in [0.29, 0.717) is 21.7 Å². The Kier molecular flexibility index (Phi) is 7.72. The minimum absolute atomic E-state index is 0.0600. The van der Waals surface area contributed by atoms with Crippen LogP contribution in [0, 0.1) is 0 Å². The first-order chi connectivity index (χ1) is 17.9. The molecule has 1 aliphatic rings. The number of aliphatic imine (C=N–C) groups is 1. The molecule has 3 aromatic rings. The van der Waals surface area contributed by atoms with Crippen molar-refractivity contribution in [1.29, 1.82) is 0 Å².